The number of nitro benzene ring substituents is 1. The summed E-state index contributed by atoms with van der Waals surface area (Å²) in [6, 6.07) is 12.3. The molecule has 156 valence electrons. The van der Waals surface area contributed by atoms with E-state index in [1.165, 1.54) is 12.1 Å². The van der Waals surface area contributed by atoms with E-state index in [9.17, 15) is 14.9 Å². The summed E-state index contributed by atoms with van der Waals surface area (Å²) in [5.74, 6) is -0.551. The first kappa shape index (κ1) is 20.2. The Morgan fingerprint density at radius 1 is 1.23 bits per heavy atom. The van der Waals surface area contributed by atoms with Gasteiger partial charge in [0.1, 0.15) is 0 Å². The Hall–Kier alpha value is -3.04. The quantitative estimate of drug-likeness (QED) is 0.245. The summed E-state index contributed by atoms with van der Waals surface area (Å²) >= 11 is 1.63. The fourth-order valence-electron chi connectivity index (χ4n) is 3.37. The number of aromatic nitrogens is 1. The number of anilines is 1. The van der Waals surface area contributed by atoms with E-state index in [-0.39, 0.29) is 17.9 Å². The summed E-state index contributed by atoms with van der Waals surface area (Å²) < 4.78 is 11.9. The van der Waals surface area contributed by atoms with Crippen molar-refractivity contribution in [3.63, 3.8) is 0 Å². The number of aryl methyl sites for hydroxylation is 1. The molecule has 1 aliphatic rings. The van der Waals surface area contributed by atoms with Crippen LogP contribution in [-0.4, -0.2) is 48.8 Å². The van der Waals surface area contributed by atoms with Gasteiger partial charge in [-0.25, -0.2) is 9.78 Å². The van der Waals surface area contributed by atoms with Crippen LogP contribution >= 0.6 is 11.3 Å². The number of esters is 1. The van der Waals surface area contributed by atoms with Gasteiger partial charge in [-0.3, -0.25) is 10.1 Å². The zero-order valence-electron chi connectivity index (χ0n) is 16.3. The second-order valence-electron chi connectivity index (χ2n) is 6.87. The highest BCUT2D eigenvalue weighted by Gasteiger charge is 2.23. The largest absolute Gasteiger partial charge is 0.462 e. The predicted molar refractivity (Wildman–Crippen MR) is 114 cm³/mol. The van der Waals surface area contributed by atoms with E-state index < -0.39 is 10.9 Å². The second-order valence-corrected chi connectivity index (χ2v) is 7.99. The molecule has 0 radical (unpaired) electrons. The van der Waals surface area contributed by atoms with Crippen molar-refractivity contribution >= 4 is 38.9 Å². The highest BCUT2D eigenvalue weighted by molar-refractivity contribution is 7.18. The van der Waals surface area contributed by atoms with E-state index in [1.54, 1.807) is 17.4 Å². The molecule has 1 fully saturated rings. The molecule has 8 nitrogen and oxygen atoms in total. The van der Waals surface area contributed by atoms with Crippen LogP contribution in [0.15, 0.2) is 42.5 Å². The molecular weight excluding hydrogens is 406 g/mol. The summed E-state index contributed by atoms with van der Waals surface area (Å²) in [4.78, 5) is 30.0. The molecule has 0 N–H and O–H groups in total. The molecular formula is C21H21N3O5S. The number of hydrogen-bond donors (Lipinski definition) is 0. The molecule has 0 unspecified atom stereocenters. The smallest absolute Gasteiger partial charge is 0.340 e. The fraction of sp³-hybridized carbons (Fsp3) is 0.333. The molecule has 2 heterocycles. The summed E-state index contributed by atoms with van der Waals surface area (Å²) in [6.45, 7) is 2.56. The predicted octanol–water partition coefficient (Wildman–Crippen LogP) is 3.83. The van der Waals surface area contributed by atoms with Crippen molar-refractivity contribution in [3.8, 4) is 0 Å². The first-order valence-electron chi connectivity index (χ1n) is 9.74. The number of nitro groups is 1. The van der Waals surface area contributed by atoms with Gasteiger partial charge in [0.25, 0.3) is 5.69 Å². The van der Waals surface area contributed by atoms with E-state index >= 15 is 0 Å². The molecule has 0 amide bonds. The number of non-ortho nitro benzene ring substituents is 1. The molecule has 4 rings (SSSR count). The first-order chi connectivity index (χ1) is 14.6. The topological polar surface area (TPSA) is 94.8 Å². The lowest BCUT2D eigenvalue weighted by Gasteiger charge is -2.30. The van der Waals surface area contributed by atoms with E-state index in [4.69, 9.17) is 9.47 Å². The Labute approximate surface area is 177 Å². The zero-order valence-corrected chi connectivity index (χ0v) is 17.1. The molecule has 0 bridgehead atoms. The average Bonchev–Trinajstić information content (AvgIpc) is 3.19. The number of morpholine rings is 1. The van der Waals surface area contributed by atoms with Crippen LogP contribution < -0.4 is 4.90 Å². The second kappa shape index (κ2) is 9.19. The van der Waals surface area contributed by atoms with Crippen LogP contribution in [0.2, 0.25) is 0 Å². The van der Waals surface area contributed by atoms with Crippen molar-refractivity contribution in [1.29, 1.82) is 0 Å². The number of carbonyl (C=O) groups is 1. The third-order valence-corrected chi connectivity index (χ3v) is 5.97. The zero-order chi connectivity index (χ0) is 20.9. The standard InChI is InChI=1S/C21H21N3O5S/c25-21(29-11-3-6-20-22-17-4-1-2-5-19(17)30-20)16-14-15(24(26)27)7-8-18(16)23-9-12-28-13-10-23/h1-2,4-5,7-8,14H,3,6,9-13H2. The maximum atomic E-state index is 12.7. The number of rotatable bonds is 7. The number of nitrogens with zero attached hydrogens (tertiary/aromatic N) is 3. The molecule has 9 heteroatoms. The molecule has 2 aromatic carbocycles. The maximum Gasteiger partial charge on any atom is 0.340 e. The van der Waals surface area contributed by atoms with E-state index in [0.717, 1.165) is 15.2 Å². The molecule has 1 saturated heterocycles. The summed E-state index contributed by atoms with van der Waals surface area (Å²) in [5, 5.41) is 12.2. The van der Waals surface area contributed by atoms with Crippen LogP contribution in [0.25, 0.3) is 10.2 Å². The van der Waals surface area contributed by atoms with Crippen molar-refractivity contribution in [2.75, 3.05) is 37.8 Å². The number of thiazole rings is 1. The number of carbonyl (C=O) groups excluding carboxylic acids is 1. The summed E-state index contributed by atoms with van der Waals surface area (Å²) in [5.41, 5.74) is 1.70. The summed E-state index contributed by atoms with van der Waals surface area (Å²) in [6.07, 6.45) is 1.34. The highest BCUT2D eigenvalue weighted by atomic mass is 32.1. The number of hydrogen-bond acceptors (Lipinski definition) is 8. The lowest BCUT2D eigenvalue weighted by Crippen LogP contribution is -2.37. The highest BCUT2D eigenvalue weighted by Crippen LogP contribution is 2.27. The van der Waals surface area contributed by atoms with Crippen LogP contribution in [0.3, 0.4) is 0 Å². The van der Waals surface area contributed by atoms with Gasteiger partial charge >= 0.3 is 5.97 Å². The minimum atomic E-state index is -0.551. The van der Waals surface area contributed by atoms with Crippen LogP contribution in [0.1, 0.15) is 21.8 Å². The SMILES string of the molecule is O=C(OCCCc1nc2ccccc2s1)c1cc([N+](=O)[O-])ccc1N1CCOCC1. The number of ether oxygens (including phenoxy) is 2. The maximum absolute atomic E-state index is 12.7. The van der Waals surface area contributed by atoms with Gasteiger partial charge in [0.15, 0.2) is 0 Å². The Morgan fingerprint density at radius 2 is 2.03 bits per heavy atom. The Morgan fingerprint density at radius 3 is 2.80 bits per heavy atom. The lowest BCUT2D eigenvalue weighted by molar-refractivity contribution is -0.384. The Kier molecular flexibility index (Phi) is 6.20. The van der Waals surface area contributed by atoms with Gasteiger partial charge in [-0.15, -0.1) is 11.3 Å². The van der Waals surface area contributed by atoms with Gasteiger partial charge in [0.2, 0.25) is 0 Å². The van der Waals surface area contributed by atoms with E-state index in [1.807, 2.05) is 29.2 Å². The first-order valence-corrected chi connectivity index (χ1v) is 10.6. The van der Waals surface area contributed by atoms with Gasteiger partial charge in [0, 0.05) is 31.6 Å². The minimum Gasteiger partial charge on any atom is -0.462 e. The Balaban J connectivity index is 1.41. The van der Waals surface area contributed by atoms with E-state index in [2.05, 4.69) is 4.98 Å². The van der Waals surface area contributed by atoms with Crippen LogP contribution in [0, 0.1) is 10.1 Å². The molecule has 1 aliphatic heterocycles. The molecule has 1 aromatic heterocycles. The molecule has 0 spiro atoms. The molecule has 0 saturated carbocycles. The Bertz CT molecular complexity index is 1030. The van der Waals surface area contributed by atoms with Gasteiger partial charge in [-0.1, -0.05) is 12.1 Å². The monoisotopic (exact) mass is 427 g/mol. The van der Waals surface area contributed by atoms with Crippen molar-refractivity contribution in [2.24, 2.45) is 0 Å². The van der Waals surface area contributed by atoms with E-state index in [0.29, 0.717) is 44.8 Å². The third kappa shape index (κ3) is 4.58. The van der Waals surface area contributed by atoms with Crippen molar-refractivity contribution in [3.05, 3.63) is 63.1 Å². The molecule has 30 heavy (non-hydrogen) atoms. The number of para-hydroxylation sites is 1. The van der Waals surface area contributed by atoms with Crippen molar-refractivity contribution in [2.45, 2.75) is 12.8 Å². The van der Waals surface area contributed by atoms with Crippen molar-refractivity contribution in [1.82, 2.24) is 4.98 Å². The molecule has 0 aliphatic carbocycles. The van der Waals surface area contributed by atoms with Gasteiger partial charge < -0.3 is 14.4 Å². The number of benzene rings is 2. The van der Waals surface area contributed by atoms with Gasteiger partial charge in [-0.2, -0.15) is 0 Å². The van der Waals surface area contributed by atoms with Gasteiger partial charge in [-0.05, 0) is 24.6 Å². The number of fused-ring (bicyclic) bond motifs is 1. The lowest BCUT2D eigenvalue weighted by atomic mass is 10.1. The van der Waals surface area contributed by atoms with Crippen LogP contribution in [0.5, 0.6) is 0 Å². The van der Waals surface area contributed by atoms with Crippen LogP contribution in [0.4, 0.5) is 11.4 Å². The minimum absolute atomic E-state index is 0.131. The van der Waals surface area contributed by atoms with Gasteiger partial charge in [0.05, 0.1) is 51.2 Å². The normalized spacial score (nSPS) is 14.1. The third-order valence-electron chi connectivity index (χ3n) is 4.87. The molecule has 0 atom stereocenters. The summed E-state index contributed by atoms with van der Waals surface area (Å²) in [7, 11) is 0. The molecule has 3 aromatic rings. The van der Waals surface area contributed by atoms with Crippen LogP contribution in [-0.2, 0) is 15.9 Å². The fourth-order valence-corrected chi connectivity index (χ4v) is 4.38. The van der Waals surface area contributed by atoms with Crippen molar-refractivity contribution < 1.29 is 19.2 Å². The average molecular weight is 427 g/mol.